The standard InChI is InChI=1S/C35H53NO8Si/c1-14-36(32(39)43-33(4,5)6)25-20-24-16-15-17-27-30(42-35(10,11)41-27)26(37)19-18-22(2)23(3)40-31(38)29(24)28(21-25)44-45(12,13)34(7,8)9/h15-16,18,20-21,23,27,30H,14,17,19H2,1-13H3/t23-,27-,30+/m0/s1. The number of allylic oxidation sites excluding steroid dienone is 1. The number of carbonyl (C=O) groups excluding carboxylic acids is 3. The third kappa shape index (κ3) is 9.07. The zero-order chi connectivity index (χ0) is 34.1. The zero-order valence-corrected chi connectivity index (χ0v) is 30.5. The van der Waals surface area contributed by atoms with Crippen molar-refractivity contribution in [3.8, 4) is 5.75 Å². The number of benzene rings is 1. The maximum absolute atomic E-state index is 14.0. The molecule has 1 aromatic carbocycles. The summed E-state index contributed by atoms with van der Waals surface area (Å²) < 4.78 is 30.7. The van der Waals surface area contributed by atoms with Crippen molar-refractivity contribution in [2.75, 3.05) is 11.4 Å². The van der Waals surface area contributed by atoms with Crippen LogP contribution in [0.4, 0.5) is 10.5 Å². The van der Waals surface area contributed by atoms with Gasteiger partial charge < -0.3 is 23.4 Å². The van der Waals surface area contributed by atoms with Crippen LogP contribution in [0, 0.1) is 0 Å². The van der Waals surface area contributed by atoms with Crippen LogP contribution in [-0.4, -0.2) is 62.4 Å². The summed E-state index contributed by atoms with van der Waals surface area (Å²) in [4.78, 5) is 42.1. The Morgan fingerprint density at radius 2 is 1.73 bits per heavy atom. The fraction of sp³-hybridized carbons (Fsp3) is 0.629. The second-order valence-electron chi connectivity index (χ2n) is 14.9. The molecule has 9 nitrogen and oxygen atoms in total. The fourth-order valence-electron chi connectivity index (χ4n) is 4.84. The van der Waals surface area contributed by atoms with Crippen molar-refractivity contribution in [1.29, 1.82) is 0 Å². The molecular formula is C35H53NO8Si. The monoisotopic (exact) mass is 643 g/mol. The van der Waals surface area contributed by atoms with Gasteiger partial charge in [0.05, 0.1) is 11.8 Å². The SMILES string of the molecule is CCN(C(=O)OC(C)(C)C)c1cc2c(c(O[Si](C)(C)C(C)(C)C)c1)C(=O)O[C@@H](C)C(C)=CCC(=O)[C@H]1OC(C)(C)O[C@H]1CC=C2. The summed E-state index contributed by atoms with van der Waals surface area (Å²) in [6.07, 6.45) is 3.59. The van der Waals surface area contributed by atoms with Crippen LogP contribution in [-0.2, 0) is 23.7 Å². The second-order valence-corrected chi connectivity index (χ2v) is 19.6. The number of anilines is 1. The van der Waals surface area contributed by atoms with E-state index in [9.17, 15) is 14.4 Å². The number of ketones is 1. The predicted molar refractivity (Wildman–Crippen MR) is 179 cm³/mol. The molecule has 1 aromatic rings. The lowest BCUT2D eigenvalue weighted by Gasteiger charge is -2.37. The third-order valence-corrected chi connectivity index (χ3v) is 12.8. The molecule has 0 radical (unpaired) electrons. The summed E-state index contributed by atoms with van der Waals surface area (Å²) in [6.45, 7) is 25.4. The molecule has 0 aliphatic carbocycles. The van der Waals surface area contributed by atoms with E-state index in [-0.39, 0.29) is 22.8 Å². The van der Waals surface area contributed by atoms with Crippen molar-refractivity contribution >= 4 is 37.9 Å². The molecule has 0 saturated carbocycles. The van der Waals surface area contributed by atoms with Gasteiger partial charge in [0.2, 0.25) is 0 Å². The number of amides is 1. The lowest BCUT2D eigenvalue weighted by Crippen LogP contribution is -2.44. The van der Waals surface area contributed by atoms with Crippen LogP contribution in [0.15, 0.2) is 29.9 Å². The molecule has 0 aromatic heterocycles. The van der Waals surface area contributed by atoms with E-state index in [1.165, 1.54) is 4.90 Å². The first kappa shape index (κ1) is 36.5. The normalized spacial score (nSPS) is 22.9. The van der Waals surface area contributed by atoms with Gasteiger partial charge in [0.25, 0.3) is 8.32 Å². The molecular weight excluding hydrogens is 590 g/mol. The molecule has 2 heterocycles. The number of nitrogens with zero attached hydrogens (tertiary/aromatic N) is 1. The van der Waals surface area contributed by atoms with Crippen molar-refractivity contribution in [3.63, 3.8) is 0 Å². The molecule has 250 valence electrons. The predicted octanol–water partition coefficient (Wildman–Crippen LogP) is 8.22. The molecule has 10 heteroatoms. The van der Waals surface area contributed by atoms with Gasteiger partial charge in [0, 0.05) is 19.0 Å². The van der Waals surface area contributed by atoms with Crippen LogP contribution in [0.1, 0.15) is 105 Å². The van der Waals surface area contributed by atoms with E-state index >= 15 is 0 Å². The van der Waals surface area contributed by atoms with Gasteiger partial charge in [-0.05, 0) is 97.1 Å². The highest BCUT2D eigenvalue weighted by molar-refractivity contribution is 6.74. The number of Topliss-reactive ketones (excluding diaryl/α,β-unsaturated/α-hetero) is 1. The molecule has 2 aliphatic rings. The smallest absolute Gasteiger partial charge is 0.414 e. The molecule has 1 saturated heterocycles. The Hall–Kier alpha value is -2.95. The second kappa shape index (κ2) is 13.4. The average molecular weight is 644 g/mol. The number of esters is 1. The maximum Gasteiger partial charge on any atom is 0.414 e. The van der Waals surface area contributed by atoms with Crippen molar-refractivity contribution in [1.82, 2.24) is 0 Å². The molecule has 45 heavy (non-hydrogen) atoms. The van der Waals surface area contributed by atoms with Gasteiger partial charge in [-0.2, -0.15) is 0 Å². The summed E-state index contributed by atoms with van der Waals surface area (Å²) in [5.74, 6) is -1.22. The van der Waals surface area contributed by atoms with Gasteiger partial charge in [-0.3, -0.25) is 9.69 Å². The minimum Gasteiger partial charge on any atom is -0.543 e. The number of hydrogen-bond donors (Lipinski definition) is 0. The van der Waals surface area contributed by atoms with Gasteiger partial charge in [0.1, 0.15) is 29.1 Å². The first-order valence-corrected chi connectivity index (χ1v) is 18.8. The molecule has 0 bridgehead atoms. The number of cyclic esters (lactones) is 1. The number of rotatable bonds is 4. The third-order valence-electron chi connectivity index (χ3n) is 8.45. The van der Waals surface area contributed by atoms with Crippen molar-refractivity contribution < 1.29 is 37.8 Å². The molecule has 0 unspecified atom stereocenters. The number of ether oxygens (including phenoxy) is 4. The highest BCUT2D eigenvalue weighted by Gasteiger charge is 2.44. The van der Waals surface area contributed by atoms with Crippen molar-refractivity contribution in [2.24, 2.45) is 0 Å². The molecule has 1 fully saturated rings. The van der Waals surface area contributed by atoms with Crippen LogP contribution in [0.25, 0.3) is 6.08 Å². The van der Waals surface area contributed by atoms with Gasteiger partial charge in [0.15, 0.2) is 11.6 Å². The molecule has 2 aliphatic heterocycles. The molecule has 0 spiro atoms. The Kier molecular flexibility index (Phi) is 10.9. The van der Waals surface area contributed by atoms with Crippen molar-refractivity contribution in [3.05, 3.63) is 41.0 Å². The van der Waals surface area contributed by atoms with Crippen LogP contribution >= 0.6 is 0 Å². The van der Waals surface area contributed by atoms with Crippen molar-refractivity contribution in [2.45, 2.75) is 137 Å². The Balaban J connectivity index is 2.27. The van der Waals surface area contributed by atoms with E-state index < -0.39 is 50.1 Å². The zero-order valence-electron chi connectivity index (χ0n) is 29.5. The maximum atomic E-state index is 14.0. The van der Waals surface area contributed by atoms with E-state index in [0.717, 1.165) is 5.57 Å². The lowest BCUT2D eigenvalue weighted by atomic mass is 9.99. The summed E-state index contributed by atoms with van der Waals surface area (Å²) in [5.41, 5.74) is 1.35. The van der Waals surface area contributed by atoms with E-state index in [2.05, 4.69) is 33.9 Å². The van der Waals surface area contributed by atoms with Gasteiger partial charge in [-0.1, -0.05) is 39.0 Å². The Morgan fingerprint density at radius 1 is 1.09 bits per heavy atom. The van der Waals surface area contributed by atoms with Crippen LogP contribution in [0.2, 0.25) is 18.1 Å². The van der Waals surface area contributed by atoms with Gasteiger partial charge in [-0.25, -0.2) is 9.59 Å². The minimum absolute atomic E-state index is 0.0994. The summed E-state index contributed by atoms with van der Waals surface area (Å²) in [7, 11) is -2.48. The van der Waals surface area contributed by atoms with Crippen LogP contribution in [0.5, 0.6) is 5.75 Å². The largest absolute Gasteiger partial charge is 0.543 e. The van der Waals surface area contributed by atoms with Gasteiger partial charge in [-0.15, -0.1) is 0 Å². The van der Waals surface area contributed by atoms with E-state index in [1.54, 1.807) is 45.1 Å². The quantitative estimate of drug-likeness (QED) is 0.184. The van der Waals surface area contributed by atoms with E-state index in [1.807, 2.05) is 40.7 Å². The molecule has 3 atom stereocenters. The highest BCUT2D eigenvalue weighted by atomic mass is 28.4. The Labute approximate surface area is 270 Å². The van der Waals surface area contributed by atoms with Crippen LogP contribution in [0.3, 0.4) is 0 Å². The first-order valence-electron chi connectivity index (χ1n) is 15.9. The minimum atomic E-state index is -2.48. The summed E-state index contributed by atoms with van der Waals surface area (Å²) in [5, 5.41) is -0.173. The molecule has 0 N–H and O–H groups in total. The van der Waals surface area contributed by atoms with Gasteiger partial charge >= 0.3 is 12.1 Å². The fourth-order valence-corrected chi connectivity index (χ4v) is 5.85. The summed E-state index contributed by atoms with van der Waals surface area (Å²) in [6, 6.07) is 3.51. The number of fused-ring (bicyclic) bond motifs is 2. The summed E-state index contributed by atoms with van der Waals surface area (Å²) >= 11 is 0. The van der Waals surface area contributed by atoms with Crippen LogP contribution < -0.4 is 9.33 Å². The number of carbonyl (C=O) groups is 3. The van der Waals surface area contributed by atoms with E-state index in [4.69, 9.17) is 23.4 Å². The topological polar surface area (TPSA) is 101 Å². The molecule has 3 rings (SSSR count). The Morgan fingerprint density at radius 3 is 2.31 bits per heavy atom. The average Bonchev–Trinajstić information content (AvgIpc) is 3.19. The Bertz CT molecular complexity index is 1350. The lowest BCUT2D eigenvalue weighted by molar-refractivity contribution is -0.154. The first-order chi connectivity index (χ1) is 20.5. The van der Waals surface area contributed by atoms with E-state index in [0.29, 0.717) is 30.0 Å². The highest BCUT2D eigenvalue weighted by Crippen LogP contribution is 2.41. The number of hydrogen-bond acceptors (Lipinski definition) is 8. The molecule has 1 amide bonds.